The van der Waals surface area contributed by atoms with E-state index in [9.17, 15) is 4.79 Å². The van der Waals surface area contributed by atoms with Gasteiger partial charge in [-0.2, -0.15) is 9.36 Å². The summed E-state index contributed by atoms with van der Waals surface area (Å²) in [4.78, 5) is 19.8. The molecular formula is C17H11ClN4OS. The molecule has 5 nitrogen and oxygen atoms in total. The molecule has 0 aliphatic heterocycles. The van der Waals surface area contributed by atoms with Gasteiger partial charge in [0, 0.05) is 33.0 Å². The second kappa shape index (κ2) is 6.07. The number of amides is 1. The third kappa shape index (κ3) is 2.89. The van der Waals surface area contributed by atoms with Crippen LogP contribution >= 0.6 is 23.1 Å². The Labute approximate surface area is 146 Å². The van der Waals surface area contributed by atoms with Gasteiger partial charge < -0.3 is 4.98 Å². The van der Waals surface area contributed by atoms with Gasteiger partial charge in [0.1, 0.15) is 5.69 Å². The molecule has 0 aliphatic rings. The summed E-state index contributed by atoms with van der Waals surface area (Å²) in [6.45, 7) is 0. The summed E-state index contributed by atoms with van der Waals surface area (Å²) >= 11 is 7.11. The predicted octanol–water partition coefficient (Wildman–Crippen LogP) is 4.59. The fourth-order valence-electron chi connectivity index (χ4n) is 2.36. The fourth-order valence-corrected chi connectivity index (χ4v) is 3.12. The van der Waals surface area contributed by atoms with Crippen molar-refractivity contribution >= 4 is 45.1 Å². The lowest BCUT2D eigenvalue weighted by Gasteiger charge is -1.97. The van der Waals surface area contributed by atoms with Gasteiger partial charge >= 0.3 is 0 Å². The second-order valence-corrected chi connectivity index (χ2v) is 6.35. The minimum Gasteiger partial charge on any atom is -0.350 e. The number of aromatic nitrogens is 3. The lowest BCUT2D eigenvalue weighted by molar-refractivity contribution is 0.102. The van der Waals surface area contributed by atoms with E-state index in [0.29, 0.717) is 21.7 Å². The van der Waals surface area contributed by atoms with E-state index >= 15 is 0 Å². The molecule has 7 heteroatoms. The standard InChI is InChI=1S/C17H11ClN4OS/c18-12-7-6-11-8-14(19-13(11)9-12)16(23)21-17-20-15(22-24-17)10-4-2-1-3-5-10/h1-9,19H,(H,20,21,22,23). The first kappa shape index (κ1) is 14.9. The molecule has 1 amide bonds. The Morgan fingerprint density at radius 2 is 1.96 bits per heavy atom. The molecule has 4 rings (SSSR count). The maximum absolute atomic E-state index is 12.4. The molecule has 0 unspecified atom stereocenters. The van der Waals surface area contributed by atoms with Crippen LogP contribution in [0.2, 0.25) is 5.02 Å². The van der Waals surface area contributed by atoms with Gasteiger partial charge in [-0.3, -0.25) is 10.1 Å². The van der Waals surface area contributed by atoms with Gasteiger partial charge in [-0.1, -0.05) is 48.0 Å². The number of hydrogen-bond donors (Lipinski definition) is 2. The van der Waals surface area contributed by atoms with Crippen LogP contribution in [-0.2, 0) is 0 Å². The van der Waals surface area contributed by atoms with E-state index in [1.807, 2.05) is 36.4 Å². The van der Waals surface area contributed by atoms with Gasteiger partial charge in [0.2, 0.25) is 5.13 Å². The molecule has 0 spiro atoms. The summed E-state index contributed by atoms with van der Waals surface area (Å²) in [6.07, 6.45) is 0. The Hall–Kier alpha value is -2.70. The fraction of sp³-hybridized carbons (Fsp3) is 0. The number of benzene rings is 2. The zero-order valence-corrected chi connectivity index (χ0v) is 13.9. The quantitative estimate of drug-likeness (QED) is 0.565. The van der Waals surface area contributed by atoms with E-state index in [4.69, 9.17) is 11.6 Å². The number of nitrogens with zero attached hydrogens (tertiary/aromatic N) is 2. The summed E-state index contributed by atoms with van der Waals surface area (Å²) < 4.78 is 4.28. The first-order chi connectivity index (χ1) is 11.7. The van der Waals surface area contributed by atoms with Crippen molar-refractivity contribution in [3.8, 4) is 11.4 Å². The van der Waals surface area contributed by atoms with Crippen LogP contribution in [0.5, 0.6) is 0 Å². The maximum atomic E-state index is 12.4. The molecule has 0 aliphatic carbocycles. The average Bonchev–Trinajstić information content (AvgIpc) is 3.22. The van der Waals surface area contributed by atoms with Crippen molar-refractivity contribution < 1.29 is 4.79 Å². The van der Waals surface area contributed by atoms with E-state index in [-0.39, 0.29) is 5.91 Å². The number of H-pyrrole nitrogens is 1. The Bertz CT molecular complexity index is 1030. The Kier molecular flexibility index (Phi) is 3.76. The molecule has 0 atom stereocenters. The average molecular weight is 355 g/mol. The first-order valence-corrected chi connectivity index (χ1v) is 8.33. The lowest BCUT2D eigenvalue weighted by Crippen LogP contribution is -2.11. The highest BCUT2D eigenvalue weighted by molar-refractivity contribution is 7.10. The molecule has 4 aromatic rings. The molecular weight excluding hydrogens is 344 g/mol. The number of nitrogens with one attached hydrogen (secondary N) is 2. The van der Waals surface area contributed by atoms with Crippen molar-refractivity contribution in [1.82, 2.24) is 14.3 Å². The smallest absolute Gasteiger partial charge is 0.273 e. The van der Waals surface area contributed by atoms with Crippen molar-refractivity contribution in [1.29, 1.82) is 0 Å². The number of halogens is 1. The summed E-state index contributed by atoms with van der Waals surface area (Å²) in [5.41, 5.74) is 2.17. The van der Waals surface area contributed by atoms with Crippen LogP contribution in [0.25, 0.3) is 22.3 Å². The van der Waals surface area contributed by atoms with Crippen LogP contribution in [0, 0.1) is 0 Å². The van der Waals surface area contributed by atoms with Crippen LogP contribution in [-0.4, -0.2) is 20.2 Å². The predicted molar refractivity (Wildman–Crippen MR) is 96.6 cm³/mol. The molecule has 0 radical (unpaired) electrons. The number of fused-ring (bicyclic) bond motifs is 1. The van der Waals surface area contributed by atoms with Crippen molar-refractivity contribution in [2.24, 2.45) is 0 Å². The SMILES string of the molecule is O=C(Nc1nc(-c2ccccc2)ns1)c1cc2ccc(Cl)cc2[nH]1. The zero-order valence-electron chi connectivity index (χ0n) is 12.3. The molecule has 2 aromatic carbocycles. The minimum absolute atomic E-state index is 0.266. The zero-order chi connectivity index (χ0) is 16.5. The van der Waals surface area contributed by atoms with E-state index in [1.165, 1.54) is 0 Å². The summed E-state index contributed by atoms with van der Waals surface area (Å²) in [5, 5.41) is 4.76. The second-order valence-electron chi connectivity index (χ2n) is 5.16. The van der Waals surface area contributed by atoms with Crippen LogP contribution < -0.4 is 5.32 Å². The van der Waals surface area contributed by atoms with Gasteiger partial charge in [-0.25, -0.2) is 0 Å². The molecule has 0 saturated heterocycles. The summed E-state index contributed by atoms with van der Waals surface area (Å²) in [6, 6.07) is 16.8. The molecule has 118 valence electrons. The number of hydrogen-bond acceptors (Lipinski definition) is 4. The summed E-state index contributed by atoms with van der Waals surface area (Å²) in [7, 11) is 0. The van der Waals surface area contributed by atoms with Crippen LogP contribution in [0.4, 0.5) is 5.13 Å². The molecule has 2 heterocycles. The highest BCUT2D eigenvalue weighted by Gasteiger charge is 2.13. The number of carbonyl (C=O) groups excluding carboxylic acids is 1. The Morgan fingerprint density at radius 3 is 2.79 bits per heavy atom. The largest absolute Gasteiger partial charge is 0.350 e. The lowest BCUT2D eigenvalue weighted by atomic mass is 10.2. The molecule has 0 fully saturated rings. The molecule has 24 heavy (non-hydrogen) atoms. The third-order valence-electron chi connectivity index (χ3n) is 3.51. The number of anilines is 1. The number of aromatic amines is 1. The monoisotopic (exact) mass is 354 g/mol. The minimum atomic E-state index is -0.266. The van der Waals surface area contributed by atoms with Gasteiger partial charge in [-0.15, -0.1) is 0 Å². The van der Waals surface area contributed by atoms with Crippen molar-refractivity contribution in [2.45, 2.75) is 0 Å². The Morgan fingerprint density at radius 1 is 1.12 bits per heavy atom. The molecule has 0 saturated carbocycles. The van der Waals surface area contributed by atoms with Crippen LogP contribution in [0.1, 0.15) is 10.5 Å². The Balaban J connectivity index is 1.56. The highest BCUT2D eigenvalue weighted by Crippen LogP contribution is 2.23. The normalized spacial score (nSPS) is 10.9. The topological polar surface area (TPSA) is 70.7 Å². The number of carbonyl (C=O) groups is 1. The molecule has 2 N–H and O–H groups in total. The number of rotatable bonds is 3. The van der Waals surface area contributed by atoms with Crippen molar-refractivity contribution in [3.63, 3.8) is 0 Å². The van der Waals surface area contributed by atoms with Crippen molar-refractivity contribution in [2.75, 3.05) is 5.32 Å². The highest BCUT2D eigenvalue weighted by atomic mass is 35.5. The van der Waals surface area contributed by atoms with Crippen LogP contribution in [0.15, 0.2) is 54.6 Å². The third-order valence-corrected chi connectivity index (χ3v) is 4.37. The molecule has 0 bridgehead atoms. The van der Waals surface area contributed by atoms with Gasteiger partial charge in [-0.05, 0) is 18.2 Å². The van der Waals surface area contributed by atoms with E-state index in [1.54, 1.807) is 18.2 Å². The van der Waals surface area contributed by atoms with Crippen LogP contribution in [0.3, 0.4) is 0 Å². The van der Waals surface area contributed by atoms with Gasteiger partial charge in [0.15, 0.2) is 5.82 Å². The van der Waals surface area contributed by atoms with E-state index < -0.39 is 0 Å². The van der Waals surface area contributed by atoms with Gasteiger partial charge in [0.05, 0.1) is 0 Å². The first-order valence-electron chi connectivity index (χ1n) is 7.18. The van der Waals surface area contributed by atoms with E-state index in [0.717, 1.165) is 28.0 Å². The van der Waals surface area contributed by atoms with Crippen molar-refractivity contribution in [3.05, 3.63) is 65.3 Å². The molecule has 2 aromatic heterocycles. The summed E-state index contributed by atoms with van der Waals surface area (Å²) in [5.74, 6) is 0.331. The van der Waals surface area contributed by atoms with E-state index in [2.05, 4.69) is 19.7 Å². The van der Waals surface area contributed by atoms with Gasteiger partial charge in [0.25, 0.3) is 5.91 Å². The maximum Gasteiger partial charge on any atom is 0.273 e.